The second-order valence-corrected chi connectivity index (χ2v) is 8.85. The van der Waals surface area contributed by atoms with Crippen LogP contribution in [0.15, 0.2) is 70.4 Å². The number of amides is 1. The maximum absolute atomic E-state index is 12.8. The van der Waals surface area contributed by atoms with Crippen LogP contribution in [-0.4, -0.2) is 26.4 Å². The molecule has 0 aliphatic heterocycles. The zero-order valence-corrected chi connectivity index (χ0v) is 20.1. The summed E-state index contributed by atoms with van der Waals surface area (Å²) in [7, 11) is 0. The normalized spacial score (nSPS) is 11.0. The van der Waals surface area contributed by atoms with E-state index in [4.69, 9.17) is 16.0 Å². The molecule has 0 radical (unpaired) electrons. The number of para-hydroxylation sites is 1. The zero-order valence-electron chi connectivity index (χ0n) is 18.5. The number of halogens is 1. The molecule has 0 bridgehead atoms. The summed E-state index contributed by atoms with van der Waals surface area (Å²) >= 11 is 7.40. The fourth-order valence-corrected chi connectivity index (χ4v) is 4.48. The first-order valence-corrected chi connectivity index (χ1v) is 12.2. The highest BCUT2D eigenvalue weighted by Gasteiger charge is 2.18. The lowest BCUT2D eigenvalue weighted by molar-refractivity contribution is -0.113. The predicted molar refractivity (Wildman–Crippen MR) is 133 cm³/mol. The van der Waals surface area contributed by atoms with Crippen molar-refractivity contribution in [3.05, 3.63) is 82.8 Å². The van der Waals surface area contributed by atoms with Crippen molar-refractivity contribution in [2.24, 2.45) is 0 Å². The minimum atomic E-state index is -0.0730. The van der Waals surface area contributed by atoms with Gasteiger partial charge >= 0.3 is 0 Å². The van der Waals surface area contributed by atoms with Crippen LogP contribution in [0.1, 0.15) is 30.7 Å². The molecule has 1 N–H and O–H groups in total. The second kappa shape index (κ2) is 10.7. The van der Waals surface area contributed by atoms with Gasteiger partial charge in [-0.1, -0.05) is 55.4 Å². The van der Waals surface area contributed by atoms with Crippen LogP contribution in [0.3, 0.4) is 0 Å². The van der Waals surface area contributed by atoms with Gasteiger partial charge in [-0.3, -0.25) is 9.36 Å². The number of hydrogen-bond donors (Lipinski definition) is 1. The van der Waals surface area contributed by atoms with Crippen molar-refractivity contribution in [2.75, 3.05) is 11.1 Å². The number of thioether (sulfide) groups is 1. The van der Waals surface area contributed by atoms with E-state index < -0.39 is 0 Å². The first kappa shape index (κ1) is 23.1. The van der Waals surface area contributed by atoms with Crippen molar-refractivity contribution in [2.45, 2.75) is 38.4 Å². The van der Waals surface area contributed by atoms with E-state index >= 15 is 0 Å². The van der Waals surface area contributed by atoms with Crippen LogP contribution in [0.25, 0.3) is 11.4 Å². The molecule has 2 aromatic heterocycles. The smallest absolute Gasteiger partial charge is 0.234 e. The van der Waals surface area contributed by atoms with Crippen molar-refractivity contribution in [3.63, 3.8) is 0 Å². The third kappa shape index (κ3) is 5.49. The topological polar surface area (TPSA) is 73.0 Å². The van der Waals surface area contributed by atoms with Crippen molar-refractivity contribution in [3.8, 4) is 11.4 Å². The average molecular weight is 481 g/mol. The number of benzene rings is 2. The number of furan rings is 1. The van der Waals surface area contributed by atoms with Gasteiger partial charge in [0.15, 0.2) is 11.0 Å². The van der Waals surface area contributed by atoms with Gasteiger partial charge in [-0.25, -0.2) is 0 Å². The summed E-state index contributed by atoms with van der Waals surface area (Å²) in [5, 5.41) is 13.2. The summed E-state index contributed by atoms with van der Waals surface area (Å²) in [5.41, 5.74) is 4.09. The van der Waals surface area contributed by atoms with Gasteiger partial charge in [-0.2, -0.15) is 0 Å². The highest BCUT2D eigenvalue weighted by Crippen LogP contribution is 2.27. The van der Waals surface area contributed by atoms with E-state index in [-0.39, 0.29) is 11.7 Å². The lowest BCUT2D eigenvalue weighted by Gasteiger charge is -2.14. The molecule has 0 saturated carbocycles. The molecule has 6 nitrogen and oxygen atoms in total. The van der Waals surface area contributed by atoms with Gasteiger partial charge in [0.25, 0.3) is 0 Å². The molecule has 33 heavy (non-hydrogen) atoms. The average Bonchev–Trinajstić information content (AvgIpc) is 3.49. The zero-order chi connectivity index (χ0) is 23.2. The number of rotatable bonds is 9. The maximum atomic E-state index is 12.8. The number of carbonyl (C=O) groups is 1. The Labute approximate surface area is 202 Å². The Kier molecular flexibility index (Phi) is 7.52. The Balaban J connectivity index is 1.54. The number of anilines is 1. The SMILES string of the molecule is CCc1cccc(CC)c1NC(=O)CSc1nnc(-c2ccc(Cl)cc2)n1Cc1ccco1. The maximum Gasteiger partial charge on any atom is 0.234 e. The number of nitrogens with zero attached hydrogens (tertiary/aromatic N) is 3. The fourth-order valence-electron chi connectivity index (χ4n) is 3.62. The quantitative estimate of drug-likeness (QED) is 0.293. The molecule has 0 aliphatic rings. The summed E-state index contributed by atoms with van der Waals surface area (Å²) in [6.45, 7) is 4.64. The summed E-state index contributed by atoms with van der Waals surface area (Å²) < 4.78 is 7.50. The van der Waals surface area contributed by atoms with Crippen molar-refractivity contribution in [1.82, 2.24) is 14.8 Å². The minimum Gasteiger partial charge on any atom is -0.467 e. The van der Waals surface area contributed by atoms with Crippen LogP contribution < -0.4 is 5.32 Å². The highest BCUT2D eigenvalue weighted by molar-refractivity contribution is 7.99. The van der Waals surface area contributed by atoms with Crippen molar-refractivity contribution < 1.29 is 9.21 Å². The lowest BCUT2D eigenvalue weighted by Crippen LogP contribution is -2.17. The second-order valence-electron chi connectivity index (χ2n) is 7.47. The summed E-state index contributed by atoms with van der Waals surface area (Å²) in [6, 6.07) is 17.3. The summed E-state index contributed by atoms with van der Waals surface area (Å²) in [5.74, 6) is 1.62. The number of hydrogen-bond acceptors (Lipinski definition) is 5. The van der Waals surface area contributed by atoms with Crippen LogP contribution in [-0.2, 0) is 24.2 Å². The van der Waals surface area contributed by atoms with E-state index in [9.17, 15) is 4.79 Å². The van der Waals surface area contributed by atoms with Gasteiger partial charge in [-0.05, 0) is 60.4 Å². The third-order valence-electron chi connectivity index (χ3n) is 5.31. The molecule has 0 aliphatic carbocycles. The van der Waals surface area contributed by atoms with E-state index in [1.807, 2.05) is 47.0 Å². The van der Waals surface area contributed by atoms with Crippen LogP contribution in [0.2, 0.25) is 5.02 Å². The molecule has 0 saturated heterocycles. The van der Waals surface area contributed by atoms with Gasteiger partial charge in [0.2, 0.25) is 5.91 Å². The monoisotopic (exact) mass is 480 g/mol. The Morgan fingerprint density at radius 1 is 1.03 bits per heavy atom. The molecule has 0 fully saturated rings. The summed E-state index contributed by atoms with van der Waals surface area (Å²) in [6.07, 6.45) is 3.36. The van der Waals surface area contributed by atoms with Gasteiger partial charge in [0, 0.05) is 16.3 Å². The molecule has 0 spiro atoms. The number of carbonyl (C=O) groups excluding carboxylic acids is 1. The molecular weight excluding hydrogens is 456 g/mol. The number of aromatic nitrogens is 3. The largest absolute Gasteiger partial charge is 0.467 e. The van der Waals surface area contributed by atoms with Crippen LogP contribution in [0.4, 0.5) is 5.69 Å². The molecular formula is C25H25ClN4O2S. The summed E-state index contributed by atoms with van der Waals surface area (Å²) in [4.78, 5) is 12.8. The van der Waals surface area contributed by atoms with Crippen molar-refractivity contribution in [1.29, 1.82) is 0 Å². The molecule has 0 atom stereocenters. The molecule has 0 unspecified atom stereocenters. The Morgan fingerprint density at radius 3 is 2.39 bits per heavy atom. The number of nitrogens with one attached hydrogen (secondary N) is 1. The minimum absolute atomic E-state index is 0.0730. The van der Waals surface area contributed by atoms with E-state index in [1.54, 1.807) is 6.26 Å². The third-order valence-corrected chi connectivity index (χ3v) is 6.53. The van der Waals surface area contributed by atoms with Gasteiger partial charge < -0.3 is 9.73 Å². The van der Waals surface area contributed by atoms with E-state index in [0.29, 0.717) is 22.5 Å². The fraction of sp³-hybridized carbons (Fsp3) is 0.240. The van der Waals surface area contributed by atoms with E-state index in [1.165, 1.54) is 11.8 Å². The molecule has 4 aromatic rings. The molecule has 8 heteroatoms. The predicted octanol–water partition coefficient (Wildman–Crippen LogP) is 6.10. The van der Waals surface area contributed by atoms with Crippen LogP contribution >= 0.6 is 23.4 Å². The standard InChI is InChI=1S/C25H25ClN4O2S/c1-3-17-7-5-8-18(4-2)23(17)27-22(31)16-33-25-29-28-24(19-10-12-20(26)13-11-19)30(25)15-21-9-6-14-32-21/h5-14H,3-4,15-16H2,1-2H3,(H,27,31). The van der Waals surface area contributed by atoms with E-state index in [2.05, 4.69) is 41.5 Å². The van der Waals surface area contributed by atoms with Gasteiger partial charge in [0.1, 0.15) is 5.76 Å². The molecule has 1 amide bonds. The van der Waals surface area contributed by atoms with Gasteiger partial charge in [0.05, 0.1) is 18.6 Å². The van der Waals surface area contributed by atoms with Crippen molar-refractivity contribution >= 4 is 35.0 Å². The first-order chi connectivity index (χ1) is 16.1. The Morgan fingerprint density at radius 2 is 1.76 bits per heavy atom. The van der Waals surface area contributed by atoms with Crippen LogP contribution in [0, 0.1) is 0 Å². The highest BCUT2D eigenvalue weighted by atomic mass is 35.5. The Bertz CT molecular complexity index is 1200. The Hall–Kier alpha value is -3.03. The molecule has 4 rings (SSSR count). The van der Waals surface area contributed by atoms with Crippen LogP contribution in [0.5, 0.6) is 0 Å². The molecule has 2 aromatic carbocycles. The molecule has 170 valence electrons. The van der Waals surface area contributed by atoms with E-state index in [0.717, 1.165) is 41.0 Å². The van der Waals surface area contributed by atoms with Gasteiger partial charge in [-0.15, -0.1) is 10.2 Å². The molecule has 2 heterocycles. The first-order valence-electron chi connectivity index (χ1n) is 10.8. The lowest BCUT2D eigenvalue weighted by atomic mass is 10.0. The number of aryl methyl sites for hydroxylation is 2.